The van der Waals surface area contributed by atoms with Crippen LogP contribution < -0.4 is 5.32 Å². The molecule has 3 rings (SSSR count). The summed E-state index contributed by atoms with van der Waals surface area (Å²) in [5.74, 6) is -1.61. The summed E-state index contributed by atoms with van der Waals surface area (Å²) in [6, 6.07) is 9.09. The summed E-state index contributed by atoms with van der Waals surface area (Å²) in [5, 5.41) is 2.59. The lowest BCUT2D eigenvalue weighted by molar-refractivity contribution is -0.137. The number of piperidine rings is 1. The van der Waals surface area contributed by atoms with E-state index in [1.807, 2.05) is 0 Å². The van der Waals surface area contributed by atoms with Crippen LogP contribution in [0.15, 0.2) is 53.4 Å². The maximum Gasteiger partial charge on any atom is 0.416 e. The molecule has 1 aliphatic rings. The monoisotopic (exact) mass is 444 g/mol. The van der Waals surface area contributed by atoms with Crippen LogP contribution in [-0.2, 0) is 27.5 Å². The van der Waals surface area contributed by atoms with Crippen molar-refractivity contribution in [3.05, 3.63) is 65.5 Å². The number of alkyl halides is 3. The van der Waals surface area contributed by atoms with Gasteiger partial charge in [-0.05, 0) is 54.8 Å². The lowest BCUT2D eigenvalue weighted by atomic mass is 9.98. The molecule has 10 heteroatoms. The number of carbonyl (C=O) groups is 1. The quantitative estimate of drug-likeness (QED) is 0.718. The Balaban J connectivity index is 1.64. The highest BCUT2D eigenvalue weighted by atomic mass is 32.2. The summed E-state index contributed by atoms with van der Waals surface area (Å²) in [5.41, 5.74) is -0.506. The zero-order valence-corrected chi connectivity index (χ0v) is 16.6. The van der Waals surface area contributed by atoms with Crippen molar-refractivity contribution in [1.29, 1.82) is 0 Å². The van der Waals surface area contributed by atoms with Gasteiger partial charge in [-0.3, -0.25) is 4.79 Å². The second-order valence-corrected chi connectivity index (χ2v) is 9.01. The Morgan fingerprint density at radius 1 is 1.13 bits per heavy atom. The van der Waals surface area contributed by atoms with Crippen LogP contribution >= 0.6 is 0 Å². The molecule has 162 valence electrons. The standard InChI is InChI=1S/C20H20F4N2O3S/c21-17-6-8-18(9-7-17)30(28,29)26-10-2-4-15(13-26)19(27)25-12-14-3-1-5-16(11-14)20(22,23)24/h1,3,5-9,11,15H,2,4,10,12-13H2,(H,25,27)/t15-/m1/s1. The van der Waals surface area contributed by atoms with Gasteiger partial charge in [-0.25, -0.2) is 12.8 Å². The van der Waals surface area contributed by atoms with Crippen molar-refractivity contribution >= 4 is 15.9 Å². The first-order valence-corrected chi connectivity index (χ1v) is 10.7. The molecule has 0 aliphatic carbocycles. The summed E-state index contributed by atoms with van der Waals surface area (Å²) in [7, 11) is -3.87. The summed E-state index contributed by atoms with van der Waals surface area (Å²) in [4.78, 5) is 12.4. The maximum absolute atomic E-state index is 13.1. The molecular formula is C20H20F4N2O3S. The number of nitrogens with zero attached hydrogens (tertiary/aromatic N) is 1. The Bertz CT molecular complexity index is 1010. The zero-order valence-electron chi connectivity index (χ0n) is 15.8. The Morgan fingerprint density at radius 2 is 1.83 bits per heavy atom. The van der Waals surface area contributed by atoms with Gasteiger partial charge in [-0.2, -0.15) is 17.5 Å². The van der Waals surface area contributed by atoms with Crippen LogP contribution in [0.1, 0.15) is 24.0 Å². The number of nitrogens with one attached hydrogen (secondary N) is 1. The largest absolute Gasteiger partial charge is 0.416 e. The predicted molar refractivity (Wildman–Crippen MR) is 101 cm³/mol. The molecule has 0 unspecified atom stereocenters. The van der Waals surface area contributed by atoms with E-state index in [9.17, 15) is 30.8 Å². The van der Waals surface area contributed by atoms with Crippen LogP contribution in [0.4, 0.5) is 17.6 Å². The third-order valence-corrected chi connectivity index (χ3v) is 6.81. The molecule has 1 saturated heterocycles. The summed E-state index contributed by atoms with van der Waals surface area (Å²) >= 11 is 0. The first-order valence-electron chi connectivity index (χ1n) is 9.27. The average Bonchev–Trinajstić information content (AvgIpc) is 2.72. The van der Waals surface area contributed by atoms with E-state index in [4.69, 9.17) is 0 Å². The first kappa shape index (κ1) is 22.2. The van der Waals surface area contributed by atoms with E-state index < -0.39 is 39.4 Å². The van der Waals surface area contributed by atoms with E-state index in [1.165, 1.54) is 28.6 Å². The molecule has 0 saturated carbocycles. The zero-order chi connectivity index (χ0) is 21.9. The van der Waals surface area contributed by atoms with Crippen molar-refractivity contribution in [3.63, 3.8) is 0 Å². The topological polar surface area (TPSA) is 66.5 Å². The number of hydrogen-bond acceptors (Lipinski definition) is 3. The molecule has 1 fully saturated rings. The molecular weight excluding hydrogens is 424 g/mol. The minimum Gasteiger partial charge on any atom is -0.352 e. The third kappa shape index (κ3) is 5.17. The fourth-order valence-electron chi connectivity index (χ4n) is 3.32. The van der Waals surface area contributed by atoms with Gasteiger partial charge in [0.1, 0.15) is 5.82 Å². The summed E-state index contributed by atoms with van der Waals surface area (Å²) in [6.07, 6.45) is -3.55. The van der Waals surface area contributed by atoms with Crippen LogP contribution in [-0.4, -0.2) is 31.7 Å². The van der Waals surface area contributed by atoms with Gasteiger partial charge in [0.2, 0.25) is 15.9 Å². The van der Waals surface area contributed by atoms with Crippen molar-refractivity contribution in [3.8, 4) is 0 Å². The van der Waals surface area contributed by atoms with Gasteiger partial charge in [0.05, 0.1) is 16.4 Å². The number of sulfonamides is 1. The molecule has 0 spiro atoms. The fraction of sp³-hybridized carbons (Fsp3) is 0.350. The highest BCUT2D eigenvalue weighted by Crippen LogP contribution is 2.29. The van der Waals surface area contributed by atoms with Crippen LogP contribution in [0.25, 0.3) is 0 Å². The number of amides is 1. The Hall–Kier alpha value is -2.46. The maximum atomic E-state index is 13.1. The van der Waals surface area contributed by atoms with Crippen LogP contribution in [0, 0.1) is 11.7 Å². The molecule has 1 amide bonds. The first-order chi connectivity index (χ1) is 14.1. The molecule has 2 aromatic rings. The van der Waals surface area contributed by atoms with Gasteiger partial charge < -0.3 is 5.32 Å². The van der Waals surface area contributed by atoms with E-state index in [0.29, 0.717) is 18.4 Å². The highest BCUT2D eigenvalue weighted by Gasteiger charge is 2.33. The van der Waals surface area contributed by atoms with Crippen molar-refractivity contribution in [2.24, 2.45) is 5.92 Å². The lowest BCUT2D eigenvalue weighted by Crippen LogP contribution is -2.45. The summed E-state index contributed by atoms with van der Waals surface area (Å²) < 4.78 is 78.2. The van der Waals surface area contributed by atoms with E-state index in [1.54, 1.807) is 0 Å². The van der Waals surface area contributed by atoms with Crippen LogP contribution in [0.5, 0.6) is 0 Å². The Kier molecular flexibility index (Phi) is 6.47. The number of halogens is 4. The van der Waals surface area contributed by atoms with Gasteiger partial charge in [-0.1, -0.05) is 12.1 Å². The second-order valence-electron chi connectivity index (χ2n) is 7.07. The van der Waals surface area contributed by atoms with E-state index in [-0.39, 0.29) is 24.5 Å². The molecule has 5 nitrogen and oxygen atoms in total. The molecule has 1 aliphatic heterocycles. The Labute approximate surface area is 171 Å². The molecule has 30 heavy (non-hydrogen) atoms. The van der Waals surface area contributed by atoms with Crippen molar-refractivity contribution in [1.82, 2.24) is 9.62 Å². The molecule has 0 bridgehead atoms. The van der Waals surface area contributed by atoms with Gasteiger partial charge in [-0.15, -0.1) is 0 Å². The number of rotatable bonds is 5. The Morgan fingerprint density at radius 3 is 2.50 bits per heavy atom. The number of benzene rings is 2. The second kappa shape index (κ2) is 8.73. The van der Waals surface area contributed by atoms with Crippen molar-refractivity contribution < 1.29 is 30.8 Å². The number of hydrogen-bond donors (Lipinski definition) is 1. The SMILES string of the molecule is O=C(NCc1cccc(C(F)(F)F)c1)[C@@H]1CCCN(S(=O)(=O)c2ccc(F)cc2)C1. The molecule has 1 heterocycles. The van der Waals surface area contributed by atoms with Crippen LogP contribution in [0.2, 0.25) is 0 Å². The number of carbonyl (C=O) groups excluding carboxylic acids is 1. The minimum atomic E-state index is -4.47. The van der Waals surface area contributed by atoms with E-state index >= 15 is 0 Å². The van der Waals surface area contributed by atoms with Gasteiger partial charge in [0.15, 0.2) is 0 Å². The fourth-order valence-corrected chi connectivity index (χ4v) is 4.85. The normalized spacial score (nSPS) is 18.2. The molecule has 0 radical (unpaired) electrons. The third-order valence-electron chi connectivity index (χ3n) is 4.93. The minimum absolute atomic E-state index is 0.0475. The smallest absolute Gasteiger partial charge is 0.352 e. The lowest BCUT2D eigenvalue weighted by Gasteiger charge is -2.31. The van der Waals surface area contributed by atoms with Gasteiger partial charge >= 0.3 is 6.18 Å². The highest BCUT2D eigenvalue weighted by molar-refractivity contribution is 7.89. The molecule has 0 aromatic heterocycles. The molecule has 1 N–H and O–H groups in total. The van der Waals surface area contributed by atoms with Gasteiger partial charge in [0.25, 0.3) is 0 Å². The summed E-state index contributed by atoms with van der Waals surface area (Å²) in [6.45, 7) is 0.0925. The average molecular weight is 444 g/mol. The van der Waals surface area contributed by atoms with Crippen molar-refractivity contribution in [2.45, 2.75) is 30.5 Å². The van der Waals surface area contributed by atoms with Crippen molar-refractivity contribution in [2.75, 3.05) is 13.1 Å². The van der Waals surface area contributed by atoms with Crippen LogP contribution in [0.3, 0.4) is 0 Å². The predicted octanol–water partition coefficient (Wildman–Crippen LogP) is 3.56. The van der Waals surface area contributed by atoms with Gasteiger partial charge in [0, 0.05) is 19.6 Å². The molecule has 1 atom stereocenters. The molecule has 2 aromatic carbocycles. The van der Waals surface area contributed by atoms with E-state index in [0.717, 1.165) is 24.3 Å². The van der Waals surface area contributed by atoms with E-state index in [2.05, 4.69) is 5.32 Å².